The van der Waals surface area contributed by atoms with Gasteiger partial charge in [0.25, 0.3) is 0 Å². The molecule has 21 heavy (non-hydrogen) atoms. The van der Waals surface area contributed by atoms with E-state index in [1.165, 1.54) is 9.79 Å². The third-order valence-corrected chi connectivity index (χ3v) is 5.55. The number of benzene rings is 3. The monoisotopic (exact) mass is 293 g/mol. The number of hydrogen-bond acceptors (Lipinski definition) is 1. The first-order chi connectivity index (χ1) is 10.3. The Balaban J connectivity index is 2.20. The van der Waals surface area contributed by atoms with E-state index in [0.717, 1.165) is 10.5 Å². The predicted molar refractivity (Wildman–Crippen MR) is 87.9 cm³/mol. The lowest BCUT2D eigenvalue weighted by Gasteiger charge is -2.09. The fourth-order valence-corrected chi connectivity index (χ4v) is 4.51. The van der Waals surface area contributed by atoms with Gasteiger partial charge in [-0.15, -0.1) is 0 Å². The molecule has 3 aromatic rings. The van der Waals surface area contributed by atoms with Crippen molar-refractivity contribution in [2.24, 2.45) is 0 Å². The van der Waals surface area contributed by atoms with Crippen LogP contribution in [0.3, 0.4) is 0 Å². The summed E-state index contributed by atoms with van der Waals surface area (Å²) in [7, 11) is -0.286. The van der Waals surface area contributed by atoms with Crippen molar-refractivity contribution in [2.75, 3.05) is 0 Å². The number of phenols is 1. The molecule has 0 aromatic heterocycles. The van der Waals surface area contributed by atoms with Gasteiger partial charge in [0, 0.05) is 6.07 Å². The number of aromatic hydroxyl groups is 1. The second-order valence-electron chi connectivity index (χ2n) is 4.90. The van der Waals surface area contributed by atoms with Crippen molar-refractivity contribution in [3.8, 4) is 5.75 Å². The van der Waals surface area contributed by atoms with E-state index in [9.17, 15) is 5.11 Å². The smallest absolute Gasteiger partial charge is 0.208 e. The molecule has 0 atom stereocenters. The lowest BCUT2D eigenvalue weighted by atomic mass is 10.2. The van der Waals surface area contributed by atoms with Crippen molar-refractivity contribution in [1.29, 1.82) is 0 Å². The van der Waals surface area contributed by atoms with E-state index in [4.69, 9.17) is 0 Å². The summed E-state index contributed by atoms with van der Waals surface area (Å²) in [6, 6.07) is 26.5. The molecule has 0 bridgehead atoms. The summed E-state index contributed by atoms with van der Waals surface area (Å²) in [4.78, 5) is 3.40. The lowest BCUT2D eigenvalue weighted by molar-refractivity contribution is 0.461. The molecule has 1 nitrogen and oxygen atoms in total. The first-order valence-electron chi connectivity index (χ1n) is 6.90. The van der Waals surface area contributed by atoms with E-state index < -0.39 is 0 Å². The Labute approximate surface area is 128 Å². The van der Waals surface area contributed by atoms with Crippen LogP contribution in [-0.2, 0) is 10.9 Å². The maximum absolute atomic E-state index is 10.3. The predicted octanol–water partition coefficient (Wildman–Crippen LogP) is 4.80. The standard InChI is InChI=1S/C19H16OS/c1-15-12-13-18(20)19(14-15)21(16-8-4-2-5-9-16)17-10-6-3-7-11-17/h2-14H,1H3/p+1. The highest BCUT2D eigenvalue weighted by Gasteiger charge is 2.31. The second-order valence-corrected chi connectivity index (χ2v) is 6.90. The van der Waals surface area contributed by atoms with Crippen LogP contribution in [0.5, 0.6) is 5.75 Å². The number of aryl methyl sites for hydroxylation is 1. The number of phenolic OH excluding ortho intramolecular Hbond substituents is 1. The summed E-state index contributed by atoms with van der Waals surface area (Å²) in [5.41, 5.74) is 1.16. The third kappa shape index (κ3) is 2.96. The van der Waals surface area contributed by atoms with E-state index in [2.05, 4.69) is 37.3 Å². The van der Waals surface area contributed by atoms with Crippen molar-refractivity contribution >= 4 is 10.9 Å². The fourth-order valence-electron chi connectivity index (χ4n) is 2.29. The molecule has 0 saturated carbocycles. The van der Waals surface area contributed by atoms with Crippen LogP contribution in [0.25, 0.3) is 0 Å². The minimum absolute atomic E-state index is 0.286. The molecule has 3 rings (SSSR count). The largest absolute Gasteiger partial charge is 0.503 e. The van der Waals surface area contributed by atoms with Crippen LogP contribution in [-0.4, -0.2) is 5.11 Å². The SMILES string of the molecule is Cc1ccc(O)c([S+](c2ccccc2)c2ccccc2)c1. The Morgan fingerprint density at radius 2 is 1.24 bits per heavy atom. The fraction of sp³-hybridized carbons (Fsp3) is 0.0526. The molecule has 0 amide bonds. The number of hydrogen-bond donors (Lipinski definition) is 1. The van der Waals surface area contributed by atoms with Crippen molar-refractivity contribution in [3.63, 3.8) is 0 Å². The van der Waals surface area contributed by atoms with Gasteiger partial charge >= 0.3 is 0 Å². The van der Waals surface area contributed by atoms with Crippen LogP contribution < -0.4 is 0 Å². The van der Waals surface area contributed by atoms with Crippen molar-refractivity contribution in [3.05, 3.63) is 84.4 Å². The molecular weight excluding hydrogens is 276 g/mol. The van der Waals surface area contributed by atoms with Crippen LogP contribution in [0, 0.1) is 6.92 Å². The molecule has 104 valence electrons. The molecule has 2 heteroatoms. The van der Waals surface area contributed by atoms with Crippen LogP contribution in [0.2, 0.25) is 0 Å². The maximum atomic E-state index is 10.3. The zero-order valence-corrected chi connectivity index (χ0v) is 12.7. The highest BCUT2D eigenvalue weighted by atomic mass is 32.2. The van der Waals surface area contributed by atoms with Gasteiger partial charge in [-0.05, 0) is 42.8 Å². The van der Waals surface area contributed by atoms with E-state index >= 15 is 0 Å². The summed E-state index contributed by atoms with van der Waals surface area (Å²) >= 11 is 0. The summed E-state index contributed by atoms with van der Waals surface area (Å²) < 4.78 is 0. The zero-order valence-electron chi connectivity index (χ0n) is 11.9. The van der Waals surface area contributed by atoms with E-state index in [0.29, 0.717) is 5.75 Å². The number of rotatable bonds is 3. The van der Waals surface area contributed by atoms with Gasteiger partial charge in [-0.1, -0.05) is 42.5 Å². The van der Waals surface area contributed by atoms with Gasteiger partial charge in [-0.3, -0.25) is 0 Å². The summed E-state index contributed by atoms with van der Waals surface area (Å²) in [5.74, 6) is 0.358. The van der Waals surface area contributed by atoms with Crippen LogP contribution >= 0.6 is 0 Å². The molecule has 0 heterocycles. The Hall–Kier alpha value is -2.19. The first-order valence-corrected chi connectivity index (χ1v) is 8.12. The van der Waals surface area contributed by atoms with E-state index in [1.54, 1.807) is 6.07 Å². The zero-order chi connectivity index (χ0) is 14.7. The normalized spacial score (nSPS) is 10.8. The minimum Gasteiger partial charge on any atom is -0.503 e. The molecule has 0 unspecified atom stereocenters. The average molecular weight is 293 g/mol. The van der Waals surface area contributed by atoms with Gasteiger partial charge < -0.3 is 5.11 Å². The van der Waals surface area contributed by atoms with Crippen molar-refractivity contribution in [2.45, 2.75) is 21.6 Å². The molecule has 0 aliphatic heterocycles. The minimum atomic E-state index is -0.286. The van der Waals surface area contributed by atoms with Gasteiger partial charge in [0.05, 0.1) is 0 Å². The van der Waals surface area contributed by atoms with Crippen molar-refractivity contribution < 1.29 is 5.11 Å². The molecule has 0 aliphatic carbocycles. The first kappa shape index (κ1) is 13.8. The van der Waals surface area contributed by atoms with Gasteiger partial charge in [0.2, 0.25) is 4.90 Å². The molecule has 0 spiro atoms. The third-order valence-electron chi connectivity index (χ3n) is 3.29. The van der Waals surface area contributed by atoms with Crippen molar-refractivity contribution in [1.82, 2.24) is 0 Å². The molecular formula is C19H17OS+. The Morgan fingerprint density at radius 1 is 0.714 bits per heavy atom. The molecule has 0 fully saturated rings. The lowest BCUT2D eigenvalue weighted by Crippen LogP contribution is -2.05. The summed E-state index contributed by atoms with van der Waals surface area (Å²) in [5, 5.41) is 10.3. The van der Waals surface area contributed by atoms with Gasteiger partial charge in [0.15, 0.2) is 15.5 Å². The maximum Gasteiger partial charge on any atom is 0.208 e. The second kappa shape index (κ2) is 6.06. The quantitative estimate of drug-likeness (QED) is 0.688. The molecule has 1 N–H and O–H groups in total. The highest BCUT2D eigenvalue weighted by Crippen LogP contribution is 2.36. The summed E-state index contributed by atoms with van der Waals surface area (Å²) in [6.45, 7) is 2.06. The molecule has 0 radical (unpaired) electrons. The van der Waals surface area contributed by atoms with E-state index in [1.807, 2.05) is 42.5 Å². The Bertz CT molecular complexity index is 684. The molecule has 0 aliphatic rings. The Kier molecular flexibility index (Phi) is 3.98. The van der Waals surface area contributed by atoms with Crippen LogP contribution in [0.4, 0.5) is 0 Å². The Morgan fingerprint density at radius 3 is 1.76 bits per heavy atom. The molecule has 3 aromatic carbocycles. The molecule has 0 saturated heterocycles. The van der Waals surface area contributed by atoms with Gasteiger partial charge in [-0.2, -0.15) is 0 Å². The van der Waals surface area contributed by atoms with Gasteiger partial charge in [-0.25, -0.2) is 0 Å². The van der Waals surface area contributed by atoms with E-state index in [-0.39, 0.29) is 10.9 Å². The van der Waals surface area contributed by atoms with Crippen LogP contribution in [0.15, 0.2) is 93.5 Å². The van der Waals surface area contributed by atoms with Gasteiger partial charge in [0.1, 0.15) is 10.9 Å². The topological polar surface area (TPSA) is 20.2 Å². The van der Waals surface area contributed by atoms with Crippen LogP contribution in [0.1, 0.15) is 5.56 Å². The summed E-state index contributed by atoms with van der Waals surface area (Å²) in [6.07, 6.45) is 0. The highest BCUT2D eigenvalue weighted by molar-refractivity contribution is 7.97. The average Bonchev–Trinajstić information content (AvgIpc) is 2.53.